The summed E-state index contributed by atoms with van der Waals surface area (Å²) in [5.74, 6) is -1.36. The standard InChI is InChI=1S/C21H29B3F4N6O2/c22-21(23,24)34(8-12-1-3-14(4-2-12)20(26,27)28)19-17(25)18(31-11-32-19)30-7-13-5-6-33(9-15(13)35)10-16(29)36/h1-4,11,13,15,35H,5-10,22-24H2,(H2,29,36)(H,30,31,32)/t13-,15+/m0/s1. The molecule has 1 aliphatic heterocycles. The molecule has 15 heteroatoms. The number of nitrogens with two attached hydrogens (primary N) is 1. The van der Waals surface area contributed by atoms with Crippen LogP contribution in [0.15, 0.2) is 30.6 Å². The summed E-state index contributed by atoms with van der Waals surface area (Å²) in [4.78, 5) is 22.7. The van der Waals surface area contributed by atoms with Gasteiger partial charge >= 0.3 is 6.18 Å². The lowest BCUT2D eigenvalue weighted by atomic mass is 9.48. The van der Waals surface area contributed by atoms with E-state index in [2.05, 4.69) is 15.3 Å². The quantitative estimate of drug-likeness (QED) is 0.288. The highest BCUT2D eigenvalue weighted by molar-refractivity contribution is 6.60. The number of alkyl halides is 3. The summed E-state index contributed by atoms with van der Waals surface area (Å²) in [6, 6.07) is 4.73. The van der Waals surface area contributed by atoms with Crippen LogP contribution >= 0.6 is 0 Å². The molecule has 2 heterocycles. The molecule has 8 nitrogen and oxygen atoms in total. The molecule has 36 heavy (non-hydrogen) atoms. The Morgan fingerprint density at radius 3 is 2.44 bits per heavy atom. The van der Waals surface area contributed by atoms with Gasteiger partial charge in [0.15, 0.2) is 11.6 Å². The summed E-state index contributed by atoms with van der Waals surface area (Å²) in [5, 5.41) is 12.8. The van der Waals surface area contributed by atoms with E-state index in [1.54, 1.807) is 9.80 Å². The molecule has 0 saturated carbocycles. The summed E-state index contributed by atoms with van der Waals surface area (Å²) in [6.07, 6.45) is -3.35. The second-order valence-corrected chi connectivity index (χ2v) is 10.0. The van der Waals surface area contributed by atoms with Gasteiger partial charge in [0.05, 0.1) is 18.2 Å². The van der Waals surface area contributed by atoms with Crippen molar-refractivity contribution in [2.75, 3.05) is 36.4 Å². The van der Waals surface area contributed by atoms with Crippen molar-refractivity contribution in [3.63, 3.8) is 0 Å². The second kappa shape index (κ2) is 11.1. The van der Waals surface area contributed by atoms with Crippen LogP contribution in [0.3, 0.4) is 0 Å². The van der Waals surface area contributed by atoms with E-state index in [0.717, 1.165) is 12.1 Å². The number of hydrogen-bond acceptors (Lipinski definition) is 7. The maximum absolute atomic E-state index is 15.5. The van der Waals surface area contributed by atoms with E-state index in [1.165, 1.54) is 18.5 Å². The van der Waals surface area contributed by atoms with E-state index in [-0.39, 0.29) is 43.7 Å². The Balaban J connectivity index is 1.73. The van der Waals surface area contributed by atoms with Crippen LogP contribution in [0.25, 0.3) is 0 Å². The average molecular weight is 506 g/mol. The molecule has 2 aromatic rings. The van der Waals surface area contributed by atoms with Gasteiger partial charge in [-0.15, -0.1) is 0 Å². The first kappa shape index (κ1) is 27.8. The third-order valence-electron chi connectivity index (χ3n) is 6.18. The Bertz CT molecular complexity index is 1060. The topological polar surface area (TPSA) is 108 Å². The molecule has 0 bridgehead atoms. The fourth-order valence-corrected chi connectivity index (χ4v) is 4.16. The van der Waals surface area contributed by atoms with E-state index in [0.29, 0.717) is 18.5 Å². The van der Waals surface area contributed by atoms with Gasteiger partial charge in [0.1, 0.15) is 29.9 Å². The number of rotatable bonds is 9. The van der Waals surface area contributed by atoms with E-state index >= 15 is 4.39 Å². The second-order valence-electron chi connectivity index (χ2n) is 10.0. The zero-order valence-corrected chi connectivity index (χ0v) is 20.5. The maximum atomic E-state index is 15.5. The summed E-state index contributed by atoms with van der Waals surface area (Å²) in [5.41, 5.74) is 5.03. The molecule has 0 aliphatic carbocycles. The van der Waals surface area contributed by atoms with Gasteiger partial charge in [-0.3, -0.25) is 9.69 Å². The van der Waals surface area contributed by atoms with Crippen LogP contribution in [-0.2, 0) is 17.5 Å². The van der Waals surface area contributed by atoms with Crippen molar-refractivity contribution in [2.24, 2.45) is 11.7 Å². The number of hydrogen-bond donors (Lipinski definition) is 3. The lowest BCUT2D eigenvalue weighted by molar-refractivity contribution is -0.137. The highest BCUT2D eigenvalue weighted by atomic mass is 19.4. The van der Waals surface area contributed by atoms with Crippen LogP contribution in [0.1, 0.15) is 17.5 Å². The molecule has 0 unspecified atom stereocenters. The number of carbonyl (C=O) groups is 1. The number of nitrogens with zero attached hydrogens (tertiary/aromatic N) is 4. The van der Waals surface area contributed by atoms with Gasteiger partial charge in [0, 0.05) is 25.6 Å². The molecule has 0 spiro atoms. The minimum Gasteiger partial charge on any atom is -0.391 e. The predicted octanol–water partition coefficient (Wildman–Crippen LogP) is -1.27. The molecule has 192 valence electrons. The third-order valence-corrected chi connectivity index (χ3v) is 6.18. The van der Waals surface area contributed by atoms with E-state index < -0.39 is 34.8 Å². The van der Waals surface area contributed by atoms with Gasteiger partial charge in [-0.2, -0.15) is 17.6 Å². The van der Waals surface area contributed by atoms with Crippen LogP contribution in [0.4, 0.5) is 29.2 Å². The van der Waals surface area contributed by atoms with Crippen LogP contribution in [-0.4, -0.2) is 86.9 Å². The van der Waals surface area contributed by atoms with E-state index in [1.807, 2.05) is 23.5 Å². The minimum absolute atomic E-state index is 0.0109. The Labute approximate surface area is 209 Å². The lowest BCUT2D eigenvalue weighted by Crippen LogP contribution is -2.51. The highest BCUT2D eigenvalue weighted by Crippen LogP contribution is 2.31. The lowest BCUT2D eigenvalue weighted by Gasteiger charge is -2.38. The van der Waals surface area contributed by atoms with E-state index in [4.69, 9.17) is 5.73 Å². The molecule has 1 saturated heterocycles. The zero-order chi connectivity index (χ0) is 26.7. The summed E-state index contributed by atoms with van der Waals surface area (Å²) in [6.45, 7) is 1.33. The number of piperidine rings is 1. The van der Waals surface area contributed by atoms with Crippen molar-refractivity contribution >= 4 is 41.1 Å². The van der Waals surface area contributed by atoms with Crippen molar-refractivity contribution < 1.29 is 27.5 Å². The smallest absolute Gasteiger partial charge is 0.391 e. The van der Waals surface area contributed by atoms with Gasteiger partial charge in [0.2, 0.25) is 11.7 Å². The first-order valence-electron chi connectivity index (χ1n) is 11.6. The van der Waals surface area contributed by atoms with Crippen molar-refractivity contribution in [3.05, 3.63) is 47.5 Å². The Hall–Kier alpha value is -2.80. The van der Waals surface area contributed by atoms with Crippen LogP contribution < -0.4 is 16.0 Å². The van der Waals surface area contributed by atoms with Gasteiger partial charge in [-0.25, -0.2) is 9.97 Å². The van der Waals surface area contributed by atoms with Gasteiger partial charge in [-0.1, -0.05) is 12.1 Å². The molecule has 1 aromatic heterocycles. The average Bonchev–Trinajstić information content (AvgIpc) is 2.77. The van der Waals surface area contributed by atoms with Crippen LogP contribution in [0, 0.1) is 11.7 Å². The molecule has 1 aliphatic rings. The molecule has 1 amide bonds. The van der Waals surface area contributed by atoms with Gasteiger partial charge in [-0.05, 0) is 35.9 Å². The SMILES string of the molecule is BC(B)(B)N(Cc1ccc(C(F)(F)F)cc1)c1ncnc(NC[C@@H]2CCN(CC(N)=O)C[C@H]2O)c1F. The molecular formula is C21H29B3F4N6O2. The number of nitrogens with one attached hydrogen (secondary N) is 1. The fraction of sp³-hybridized carbons (Fsp3) is 0.476. The molecule has 2 atom stereocenters. The molecule has 3 rings (SSSR count). The minimum atomic E-state index is -4.44. The van der Waals surface area contributed by atoms with Crippen molar-refractivity contribution in [2.45, 2.75) is 30.5 Å². The van der Waals surface area contributed by atoms with Crippen LogP contribution in [0.5, 0.6) is 0 Å². The fourth-order valence-electron chi connectivity index (χ4n) is 4.16. The number of halogens is 4. The molecule has 1 aromatic carbocycles. The highest BCUT2D eigenvalue weighted by Gasteiger charge is 2.32. The summed E-state index contributed by atoms with van der Waals surface area (Å²) < 4.78 is 54.3. The number of likely N-dealkylation sites (tertiary alicyclic amines) is 1. The third kappa shape index (κ3) is 7.13. The number of primary amides is 1. The summed E-state index contributed by atoms with van der Waals surface area (Å²) >= 11 is 0. The van der Waals surface area contributed by atoms with Crippen LogP contribution in [0.2, 0.25) is 0 Å². The maximum Gasteiger partial charge on any atom is 0.416 e. The van der Waals surface area contributed by atoms with Gasteiger partial charge < -0.3 is 21.1 Å². The molecule has 0 radical (unpaired) electrons. The molecular weight excluding hydrogens is 477 g/mol. The Kier molecular flexibility index (Phi) is 8.55. The van der Waals surface area contributed by atoms with Crippen molar-refractivity contribution in [1.82, 2.24) is 14.9 Å². The molecule has 1 fully saturated rings. The van der Waals surface area contributed by atoms with Gasteiger partial charge in [0.25, 0.3) is 0 Å². The Morgan fingerprint density at radius 1 is 1.22 bits per heavy atom. The number of aliphatic hydroxyl groups is 1. The zero-order valence-electron chi connectivity index (χ0n) is 20.5. The van der Waals surface area contributed by atoms with Crippen molar-refractivity contribution in [3.8, 4) is 0 Å². The monoisotopic (exact) mass is 506 g/mol. The number of anilines is 2. The normalized spacial score (nSPS) is 19.1. The predicted molar refractivity (Wildman–Crippen MR) is 136 cm³/mol. The largest absolute Gasteiger partial charge is 0.416 e. The number of carbonyl (C=O) groups excluding carboxylic acids is 1. The number of amides is 1. The first-order valence-corrected chi connectivity index (χ1v) is 11.6. The Morgan fingerprint density at radius 2 is 1.89 bits per heavy atom. The first-order chi connectivity index (χ1) is 16.8. The summed E-state index contributed by atoms with van der Waals surface area (Å²) in [7, 11) is 5.55. The number of benzene rings is 1. The van der Waals surface area contributed by atoms with E-state index in [9.17, 15) is 23.1 Å². The number of β-amino-alcohol motifs (C(OH)–C–C–N with tert-alkyl or cyclic N) is 1. The number of aromatic nitrogens is 2. The van der Waals surface area contributed by atoms with Crippen molar-refractivity contribution in [1.29, 1.82) is 0 Å². The molecule has 4 N–H and O–H groups in total. The number of aliphatic hydroxyl groups excluding tert-OH is 1.